The first kappa shape index (κ1) is 34.4. The summed E-state index contributed by atoms with van der Waals surface area (Å²) in [4.78, 5) is 42.6. The molecule has 0 amide bonds. The lowest BCUT2D eigenvalue weighted by atomic mass is 9.98. The second-order valence-electron chi connectivity index (χ2n) is 12.4. The largest absolute Gasteiger partial charge is 0.466 e. The number of aromatic amines is 2. The van der Waals surface area contributed by atoms with Crippen molar-refractivity contribution in [1.29, 1.82) is 0 Å². The molecule has 0 spiro atoms. The molecule has 250 valence electrons. The van der Waals surface area contributed by atoms with Gasteiger partial charge in [0.2, 0.25) is 0 Å². The molecule has 0 aliphatic carbocycles. The number of carbonyl (C=O) groups is 2. The first-order chi connectivity index (χ1) is 23.1. The number of aromatic nitrogens is 4. The summed E-state index contributed by atoms with van der Waals surface area (Å²) in [7, 11) is 0. The fourth-order valence-electron chi connectivity index (χ4n) is 6.33. The molecule has 5 rings (SSSR count). The van der Waals surface area contributed by atoms with E-state index in [1.54, 1.807) is 0 Å². The standard InChI is InChI=1S/C40H46N4O4/c1-9-17-47-39(45)15-13-29-25(7)32-19-31-23(5)27(11-3)35(41-31)20-33-24(6)28(12-4)36(42-33)21-34-26(8)30(14-16-40(46)48-18-10-2)38(44-34)22-37(29)43-32/h11-12,19-22,41-42H,3-4,9-10,13-18H2,1-2,5-8H3. The maximum absolute atomic E-state index is 12.6. The van der Waals surface area contributed by atoms with E-state index in [0.717, 1.165) is 102 Å². The Labute approximate surface area is 282 Å². The average Bonchev–Trinajstić information content (AvgIpc) is 3.73. The van der Waals surface area contributed by atoms with E-state index in [1.165, 1.54) is 0 Å². The maximum atomic E-state index is 12.6. The van der Waals surface area contributed by atoms with Gasteiger partial charge >= 0.3 is 11.9 Å². The van der Waals surface area contributed by atoms with Crippen molar-refractivity contribution in [3.05, 3.63) is 82.5 Å². The minimum atomic E-state index is -0.230. The van der Waals surface area contributed by atoms with E-state index in [-0.39, 0.29) is 24.8 Å². The number of aryl methyl sites for hydroxylation is 2. The van der Waals surface area contributed by atoms with Gasteiger partial charge in [0.25, 0.3) is 0 Å². The maximum Gasteiger partial charge on any atom is 0.306 e. The zero-order valence-electron chi connectivity index (χ0n) is 29.1. The van der Waals surface area contributed by atoms with E-state index < -0.39 is 0 Å². The van der Waals surface area contributed by atoms with Crippen molar-refractivity contribution in [1.82, 2.24) is 19.9 Å². The summed E-state index contributed by atoms with van der Waals surface area (Å²) >= 11 is 0. The highest BCUT2D eigenvalue weighted by molar-refractivity contribution is 5.97. The Balaban J connectivity index is 1.79. The molecule has 0 radical (unpaired) electrons. The number of ether oxygens (including phenoxy) is 2. The number of nitrogens with zero attached hydrogens (tertiary/aromatic N) is 2. The highest BCUT2D eigenvalue weighted by Gasteiger charge is 2.23. The Bertz CT molecular complexity index is 2020. The highest BCUT2D eigenvalue weighted by atomic mass is 16.5. The van der Waals surface area contributed by atoms with Gasteiger partial charge in [-0.15, -0.1) is 0 Å². The SMILES string of the molecule is C=Cc1c(C)c2cc3[nH]c(cc4nc(cc5nc(cc1[nH]2)C(C)=C5CCC(=O)OCCC)C(CCC(=O)OCCC)=C4C)c(C)c3C=C. The molecule has 3 aromatic heterocycles. The number of hydrogen-bond acceptors (Lipinski definition) is 6. The minimum Gasteiger partial charge on any atom is -0.466 e. The van der Waals surface area contributed by atoms with Gasteiger partial charge in [-0.3, -0.25) is 9.59 Å². The molecule has 2 aliphatic rings. The predicted molar refractivity (Wildman–Crippen MR) is 197 cm³/mol. The number of allylic oxidation sites excluding steroid dienone is 4. The average molecular weight is 647 g/mol. The van der Waals surface area contributed by atoms with Crippen molar-refractivity contribution in [3.8, 4) is 0 Å². The Morgan fingerprint density at radius 3 is 1.50 bits per heavy atom. The monoisotopic (exact) mass is 646 g/mol. The van der Waals surface area contributed by atoms with Crippen molar-refractivity contribution in [3.63, 3.8) is 0 Å². The number of fused-ring (bicyclic) bond motifs is 8. The van der Waals surface area contributed by atoms with Crippen molar-refractivity contribution in [2.24, 2.45) is 0 Å². The van der Waals surface area contributed by atoms with Crippen LogP contribution in [0, 0.1) is 13.8 Å². The second-order valence-corrected chi connectivity index (χ2v) is 12.4. The molecule has 8 heteroatoms. The van der Waals surface area contributed by atoms with Crippen LogP contribution in [0.5, 0.6) is 0 Å². The molecule has 0 unspecified atom stereocenters. The van der Waals surface area contributed by atoms with Gasteiger partial charge in [-0.05, 0) is 111 Å². The summed E-state index contributed by atoms with van der Waals surface area (Å²) in [5.74, 6) is -0.460. The van der Waals surface area contributed by atoms with Crippen molar-refractivity contribution >= 4 is 68.4 Å². The van der Waals surface area contributed by atoms with E-state index in [0.29, 0.717) is 26.1 Å². The van der Waals surface area contributed by atoms with E-state index in [1.807, 2.05) is 52.0 Å². The molecular formula is C40H46N4O4. The van der Waals surface area contributed by atoms with Gasteiger partial charge in [-0.1, -0.05) is 39.2 Å². The summed E-state index contributed by atoms with van der Waals surface area (Å²) in [5.41, 5.74) is 14.9. The van der Waals surface area contributed by atoms with Crippen molar-refractivity contribution in [2.75, 3.05) is 13.2 Å². The Kier molecular flexibility index (Phi) is 10.6. The molecule has 2 aliphatic heterocycles. The van der Waals surface area contributed by atoms with Crippen LogP contribution in [0.2, 0.25) is 0 Å². The third-order valence-electron chi connectivity index (χ3n) is 9.13. The first-order valence-corrected chi connectivity index (χ1v) is 16.8. The number of esters is 2. The van der Waals surface area contributed by atoms with Crippen LogP contribution in [0.3, 0.4) is 0 Å². The Morgan fingerprint density at radius 1 is 0.646 bits per heavy atom. The molecule has 48 heavy (non-hydrogen) atoms. The van der Waals surface area contributed by atoms with Gasteiger partial charge in [0.1, 0.15) is 0 Å². The Hall–Kier alpha value is -4.98. The second kappa shape index (κ2) is 14.8. The number of H-pyrrole nitrogens is 2. The van der Waals surface area contributed by atoms with Crippen molar-refractivity contribution < 1.29 is 19.1 Å². The zero-order chi connectivity index (χ0) is 34.5. The van der Waals surface area contributed by atoms with Crippen LogP contribution >= 0.6 is 0 Å². The molecule has 0 saturated heterocycles. The van der Waals surface area contributed by atoms with Gasteiger partial charge in [0, 0.05) is 46.0 Å². The van der Waals surface area contributed by atoms with Crippen LogP contribution < -0.4 is 0 Å². The zero-order valence-corrected chi connectivity index (χ0v) is 29.1. The molecule has 0 saturated carbocycles. The molecule has 2 N–H and O–H groups in total. The van der Waals surface area contributed by atoms with Crippen LogP contribution in [0.1, 0.15) is 111 Å². The number of nitrogens with one attached hydrogen (secondary N) is 2. The van der Waals surface area contributed by atoms with Gasteiger partial charge in [-0.2, -0.15) is 0 Å². The molecule has 8 nitrogen and oxygen atoms in total. The van der Waals surface area contributed by atoms with Gasteiger partial charge in [0.15, 0.2) is 0 Å². The number of carbonyl (C=O) groups excluding carboxylic acids is 2. The summed E-state index contributed by atoms with van der Waals surface area (Å²) in [6.45, 7) is 21.2. The van der Waals surface area contributed by atoms with Gasteiger partial charge < -0.3 is 19.4 Å². The third kappa shape index (κ3) is 6.98. The highest BCUT2D eigenvalue weighted by Crippen LogP contribution is 2.38. The van der Waals surface area contributed by atoms with Crippen LogP contribution in [0.25, 0.3) is 56.5 Å². The molecule has 3 aromatic rings. The van der Waals surface area contributed by atoms with Crippen LogP contribution in [0.4, 0.5) is 0 Å². The lowest BCUT2D eigenvalue weighted by molar-refractivity contribution is -0.144. The number of hydrogen-bond donors (Lipinski definition) is 2. The molecule has 0 aromatic carbocycles. The predicted octanol–water partition coefficient (Wildman–Crippen LogP) is 9.55. The topological polar surface area (TPSA) is 110 Å². The molecular weight excluding hydrogens is 600 g/mol. The van der Waals surface area contributed by atoms with E-state index >= 15 is 0 Å². The minimum absolute atomic E-state index is 0.229. The molecule has 8 bridgehead atoms. The third-order valence-corrected chi connectivity index (χ3v) is 9.13. The van der Waals surface area contributed by atoms with Crippen molar-refractivity contribution in [2.45, 2.75) is 80.1 Å². The summed E-state index contributed by atoms with van der Waals surface area (Å²) in [6.07, 6.45) is 6.73. The first-order valence-electron chi connectivity index (χ1n) is 16.8. The quantitative estimate of drug-likeness (QED) is 0.190. The van der Waals surface area contributed by atoms with Crippen LogP contribution in [-0.4, -0.2) is 45.1 Å². The smallest absolute Gasteiger partial charge is 0.306 e. The van der Waals surface area contributed by atoms with Gasteiger partial charge in [0.05, 0.1) is 36.0 Å². The fourth-order valence-corrected chi connectivity index (χ4v) is 6.33. The van der Waals surface area contributed by atoms with E-state index in [4.69, 9.17) is 19.4 Å². The van der Waals surface area contributed by atoms with Crippen LogP contribution in [-0.2, 0) is 19.1 Å². The molecule has 5 heterocycles. The summed E-state index contributed by atoms with van der Waals surface area (Å²) in [6, 6.07) is 8.21. The Morgan fingerprint density at radius 2 is 1.06 bits per heavy atom. The molecule has 0 atom stereocenters. The fraction of sp³-hybridized carbons (Fsp3) is 0.350. The van der Waals surface area contributed by atoms with Crippen LogP contribution in [0.15, 0.2) is 37.4 Å². The summed E-state index contributed by atoms with van der Waals surface area (Å²) in [5, 5.41) is 0. The lowest BCUT2D eigenvalue weighted by Crippen LogP contribution is -2.05. The number of rotatable bonds is 12. The summed E-state index contributed by atoms with van der Waals surface area (Å²) < 4.78 is 10.8. The van der Waals surface area contributed by atoms with E-state index in [9.17, 15) is 9.59 Å². The lowest BCUT2D eigenvalue weighted by Gasteiger charge is -2.07. The molecule has 0 fully saturated rings. The normalized spacial score (nSPS) is 12.8. The van der Waals surface area contributed by atoms with E-state index in [2.05, 4.69) is 49.1 Å². The van der Waals surface area contributed by atoms with Gasteiger partial charge in [-0.25, -0.2) is 9.97 Å².